The molecule has 0 aliphatic heterocycles. The molecule has 0 aromatic heterocycles. The summed E-state index contributed by atoms with van der Waals surface area (Å²) in [4.78, 5) is 15.3. The summed E-state index contributed by atoms with van der Waals surface area (Å²) in [5.74, 6) is -0.205. The van der Waals surface area contributed by atoms with Crippen LogP contribution in [0.4, 0.5) is 11.4 Å². The Kier molecular flexibility index (Phi) is 5.92. The first kappa shape index (κ1) is 19.9. The zero-order valence-electron chi connectivity index (χ0n) is 16.5. The van der Waals surface area contributed by atoms with Crippen molar-refractivity contribution >= 4 is 35.0 Å². The maximum atomic E-state index is 14.3. The van der Waals surface area contributed by atoms with Crippen molar-refractivity contribution in [3.63, 3.8) is 0 Å². The first-order valence-electron chi connectivity index (χ1n) is 9.82. The number of rotatable bonds is 6. The van der Waals surface area contributed by atoms with Crippen LogP contribution in [0.15, 0.2) is 121 Å². The monoisotopic (exact) mass is 411 g/mol. The van der Waals surface area contributed by atoms with Crippen LogP contribution < -0.4 is 15.5 Å². The van der Waals surface area contributed by atoms with E-state index in [4.69, 9.17) is 0 Å². The van der Waals surface area contributed by atoms with E-state index in [9.17, 15) is 9.36 Å². The molecule has 0 unspecified atom stereocenters. The van der Waals surface area contributed by atoms with Crippen LogP contribution >= 0.6 is 7.14 Å². The van der Waals surface area contributed by atoms with Gasteiger partial charge >= 0.3 is 0 Å². The summed E-state index contributed by atoms with van der Waals surface area (Å²) in [5, 5.41) is 1.37. The number of nitrogens with zero attached hydrogens (tertiary/aromatic N) is 1. The molecular formula is C26H22NO2P. The fourth-order valence-electron chi connectivity index (χ4n) is 3.52. The van der Waals surface area contributed by atoms with Gasteiger partial charge in [0.15, 0.2) is 7.14 Å². The Morgan fingerprint density at radius 3 is 1.27 bits per heavy atom. The summed E-state index contributed by atoms with van der Waals surface area (Å²) >= 11 is 0. The Morgan fingerprint density at radius 2 is 0.900 bits per heavy atom. The average Bonchev–Trinajstić information content (AvgIpc) is 2.82. The van der Waals surface area contributed by atoms with Crippen molar-refractivity contribution in [1.82, 2.24) is 0 Å². The first-order chi connectivity index (χ1) is 14.7. The van der Waals surface area contributed by atoms with E-state index >= 15 is 0 Å². The largest absolute Gasteiger partial charge is 0.313 e. The lowest BCUT2D eigenvalue weighted by Crippen LogP contribution is -2.32. The standard InChI is InChI=1S/C26H22NO2P/c28-26(27(22-13-5-1-6-14-22)23-15-7-2-8-16-23)21-30(29,24-17-9-3-10-18-24)25-19-11-4-12-20-25/h1-20H,21H2. The Labute approximate surface area is 177 Å². The fourth-order valence-corrected chi connectivity index (χ4v) is 6.01. The summed E-state index contributed by atoms with van der Waals surface area (Å²) in [6.45, 7) is 0. The predicted octanol–water partition coefficient (Wildman–Crippen LogP) is 5.37. The van der Waals surface area contributed by atoms with Crippen molar-refractivity contribution < 1.29 is 9.36 Å². The van der Waals surface area contributed by atoms with E-state index in [0.717, 1.165) is 11.4 Å². The number of carbonyl (C=O) groups excluding carboxylic acids is 1. The highest BCUT2D eigenvalue weighted by Gasteiger charge is 2.33. The molecule has 4 rings (SSSR count). The second kappa shape index (κ2) is 8.94. The van der Waals surface area contributed by atoms with Crippen LogP contribution in [0, 0.1) is 0 Å². The molecule has 0 spiro atoms. The Morgan fingerprint density at radius 1 is 0.567 bits per heavy atom. The summed E-state index contributed by atoms with van der Waals surface area (Å²) in [6, 6.07) is 37.6. The Bertz CT molecular complexity index is 1060. The minimum absolute atomic E-state index is 0.0924. The molecule has 0 heterocycles. The molecule has 0 saturated carbocycles. The number of benzene rings is 4. The summed E-state index contributed by atoms with van der Waals surface area (Å²) in [6.07, 6.45) is -0.0924. The van der Waals surface area contributed by atoms with Crippen LogP contribution in [0.5, 0.6) is 0 Å². The highest BCUT2D eigenvalue weighted by atomic mass is 31.2. The van der Waals surface area contributed by atoms with Gasteiger partial charge < -0.3 is 4.57 Å². The smallest absolute Gasteiger partial charge is 0.239 e. The lowest BCUT2D eigenvalue weighted by Gasteiger charge is -2.26. The van der Waals surface area contributed by atoms with Gasteiger partial charge in [0.05, 0.1) is 6.16 Å². The SMILES string of the molecule is O=C(CP(=O)(c1ccccc1)c1ccccc1)N(c1ccccc1)c1ccccc1. The number of hydrogen-bond acceptors (Lipinski definition) is 2. The lowest BCUT2D eigenvalue weighted by atomic mass is 10.2. The minimum Gasteiger partial charge on any atom is -0.313 e. The van der Waals surface area contributed by atoms with E-state index in [0.29, 0.717) is 10.6 Å². The van der Waals surface area contributed by atoms with Crippen molar-refractivity contribution in [1.29, 1.82) is 0 Å². The zero-order valence-corrected chi connectivity index (χ0v) is 17.4. The highest BCUT2D eigenvalue weighted by molar-refractivity contribution is 7.79. The van der Waals surface area contributed by atoms with E-state index in [1.54, 1.807) is 4.90 Å². The van der Waals surface area contributed by atoms with Crippen molar-refractivity contribution in [2.24, 2.45) is 0 Å². The lowest BCUT2D eigenvalue weighted by molar-refractivity contribution is -0.115. The van der Waals surface area contributed by atoms with E-state index in [1.807, 2.05) is 121 Å². The van der Waals surface area contributed by atoms with Crippen LogP contribution in [-0.4, -0.2) is 12.1 Å². The van der Waals surface area contributed by atoms with Crippen molar-refractivity contribution in [2.75, 3.05) is 11.1 Å². The molecule has 3 nitrogen and oxygen atoms in total. The number of hydrogen-bond donors (Lipinski definition) is 0. The van der Waals surface area contributed by atoms with Crippen molar-refractivity contribution in [3.8, 4) is 0 Å². The third-order valence-electron chi connectivity index (χ3n) is 4.98. The number of carbonyl (C=O) groups is 1. The zero-order chi connectivity index (χ0) is 20.8. The Balaban J connectivity index is 1.78. The average molecular weight is 411 g/mol. The summed E-state index contributed by atoms with van der Waals surface area (Å²) < 4.78 is 14.3. The molecule has 30 heavy (non-hydrogen) atoms. The van der Waals surface area contributed by atoms with Gasteiger partial charge in [-0.2, -0.15) is 0 Å². The third-order valence-corrected chi connectivity index (χ3v) is 7.96. The molecule has 0 N–H and O–H groups in total. The molecule has 148 valence electrons. The van der Waals surface area contributed by atoms with Crippen molar-refractivity contribution in [3.05, 3.63) is 121 Å². The van der Waals surface area contributed by atoms with Gasteiger partial charge in [0.2, 0.25) is 5.91 Å². The molecule has 4 aromatic rings. The molecule has 1 amide bonds. The number of para-hydroxylation sites is 2. The summed E-state index contributed by atoms with van der Waals surface area (Å²) in [5.41, 5.74) is 1.50. The topological polar surface area (TPSA) is 37.4 Å². The van der Waals surface area contributed by atoms with Gasteiger partial charge in [-0.3, -0.25) is 9.69 Å². The molecule has 0 aliphatic rings. The molecule has 4 heteroatoms. The first-order valence-corrected chi connectivity index (χ1v) is 11.7. The van der Waals surface area contributed by atoms with E-state index in [2.05, 4.69) is 0 Å². The molecule has 0 fully saturated rings. The molecule has 0 aliphatic carbocycles. The van der Waals surface area contributed by atoms with Crippen LogP contribution in [-0.2, 0) is 9.36 Å². The van der Waals surface area contributed by atoms with Gasteiger partial charge in [-0.1, -0.05) is 97.1 Å². The van der Waals surface area contributed by atoms with Crippen LogP contribution in [0.1, 0.15) is 0 Å². The van der Waals surface area contributed by atoms with E-state index < -0.39 is 7.14 Å². The van der Waals surface area contributed by atoms with Gasteiger partial charge in [0.25, 0.3) is 0 Å². The molecule has 0 radical (unpaired) electrons. The number of anilines is 2. The van der Waals surface area contributed by atoms with E-state index in [-0.39, 0.29) is 12.1 Å². The van der Waals surface area contributed by atoms with Gasteiger partial charge in [0, 0.05) is 22.0 Å². The van der Waals surface area contributed by atoms with Crippen LogP contribution in [0.2, 0.25) is 0 Å². The number of amides is 1. The van der Waals surface area contributed by atoms with Gasteiger partial charge in [0.1, 0.15) is 0 Å². The Hall–Kier alpha value is -3.42. The third kappa shape index (κ3) is 4.12. The molecule has 4 aromatic carbocycles. The van der Waals surface area contributed by atoms with Crippen LogP contribution in [0.25, 0.3) is 0 Å². The molecule has 0 saturated heterocycles. The highest BCUT2D eigenvalue weighted by Crippen LogP contribution is 2.44. The second-order valence-electron chi connectivity index (χ2n) is 6.97. The fraction of sp³-hybridized carbons (Fsp3) is 0.0385. The van der Waals surface area contributed by atoms with Crippen molar-refractivity contribution in [2.45, 2.75) is 0 Å². The van der Waals surface area contributed by atoms with Gasteiger partial charge in [-0.05, 0) is 24.3 Å². The summed E-state index contributed by atoms with van der Waals surface area (Å²) in [7, 11) is -3.17. The maximum Gasteiger partial charge on any atom is 0.239 e. The van der Waals surface area contributed by atoms with Gasteiger partial charge in [-0.15, -0.1) is 0 Å². The minimum atomic E-state index is -3.17. The van der Waals surface area contributed by atoms with Gasteiger partial charge in [-0.25, -0.2) is 0 Å². The van der Waals surface area contributed by atoms with Crippen LogP contribution in [0.3, 0.4) is 0 Å². The molecular weight excluding hydrogens is 389 g/mol. The van der Waals surface area contributed by atoms with E-state index in [1.165, 1.54) is 0 Å². The quantitative estimate of drug-likeness (QED) is 0.400. The normalized spacial score (nSPS) is 11.1. The molecule has 0 atom stereocenters. The molecule has 0 bridgehead atoms. The maximum absolute atomic E-state index is 14.3. The second-order valence-corrected chi connectivity index (χ2v) is 9.80. The predicted molar refractivity (Wildman–Crippen MR) is 125 cm³/mol.